The van der Waals surface area contributed by atoms with Gasteiger partial charge < -0.3 is 5.32 Å². The van der Waals surface area contributed by atoms with Crippen LogP contribution >= 0.6 is 11.6 Å². The van der Waals surface area contributed by atoms with Crippen LogP contribution in [0.25, 0.3) is 0 Å². The minimum absolute atomic E-state index is 0.00190. The number of amides is 1. The van der Waals surface area contributed by atoms with E-state index >= 15 is 0 Å². The molecule has 166 valence electrons. The van der Waals surface area contributed by atoms with Gasteiger partial charge in [-0.3, -0.25) is 9.59 Å². The molecular formula is C24H23ClN2O4S. The van der Waals surface area contributed by atoms with Crippen molar-refractivity contribution in [3.05, 3.63) is 94.5 Å². The number of benzene rings is 3. The molecule has 8 heteroatoms. The largest absolute Gasteiger partial charge is 0.321 e. The van der Waals surface area contributed by atoms with Gasteiger partial charge in [-0.2, -0.15) is 0 Å². The Morgan fingerprint density at radius 3 is 2.34 bits per heavy atom. The lowest BCUT2D eigenvalue weighted by Gasteiger charge is -2.12. The van der Waals surface area contributed by atoms with E-state index in [2.05, 4.69) is 10.0 Å². The number of hydrogen-bond acceptors (Lipinski definition) is 4. The van der Waals surface area contributed by atoms with E-state index in [4.69, 9.17) is 11.6 Å². The molecule has 0 aromatic heterocycles. The zero-order chi connectivity index (χ0) is 23.1. The summed E-state index contributed by atoms with van der Waals surface area (Å²) in [4.78, 5) is 25.8. The average molecular weight is 471 g/mol. The molecule has 0 fully saturated rings. The van der Waals surface area contributed by atoms with Crippen molar-refractivity contribution in [2.24, 2.45) is 0 Å². The third-order valence-electron chi connectivity index (χ3n) is 4.74. The number of halogens is 1. The molecule has 3 aromatic rings. The molecule has 0 heterocycles. The number of ketones is 1. The second-order valence-electron chi connectivity index (χ2n) is 7.12. The zero-order valence-electron chi connectivity index (χ0n) is 17.5. The van der Waals surface area contributed by atoms with E-state index in [1.807, 2.05) is 6.92 Å². The molecule has 32 heavy (non-hydrogen) atoms. The number of anilines is 1. The summed E-state index contributed by atoms with van der Waals surface area (Å²) in [7, 11) is -3.73. The fourth-order valence-corrected chi connectivity index (χ4v) is 4.32. The van der Waals surface area contributed by atoms with Gasteiger partial charge in [0, 0.05) is 28.3 Å². The molecule has 0 aliphatic carbocycles. The van der Waals surface area contributed by atoms with Gasteiger partial charge in [0.25, 0.3) is 5.91 Å². The molecule has 0 radical (unpaired) electrons. The van der Waals surface area contributed by atoms with Crippen LogP contribution in [0.15, 0.2) is 77.7 Å². The van der Waals surface area contributed by atoms with Crippen LogP contribution in [0.2, 0.25) is 5.02 Å². The molecule has 2 N–H and O–H groups in total. The van der Waals surface area contributed by atoms with Gasteiger partial charge in [0.15, 0.2) is 5.78 Å². The van der Waals surface area contributed by atoms with E-state index < -0.39 is 15.9 Å². The van der Waals surface area contributed by atoms with E-state index in [1.54, 1.807) is 42.5 Å². The Morgan fingerprint density at radius 2 is 1.62 bits per heavy atom. The Morgan fingerprint density at radius 1 is 0.906 bits per heavy atom. The number of nitrogens with one attached hydrogen (secondary N) is 2. The monoisotopic (exact) mass is 470 g/mol. The molecule has 0 aliphatic rings. The molecule has 0 atom stereocenters. The van der Waals surface area contributed by atoms with Gasteiger partial charge in [-0.25, -0.2) is 13.1 Å². The minimum atomic E-state index is -3.73. The van der Waals surface area contributed by atoms with Gasteiger partial charge in [0.2, 0.25) is 10.0 Å². The molecule has 0 saturated heterocycles. The molecular weight excluding hydrogens is 448 g/mol. The fourth-order valence-electron chi connectivity index (χ4n) is 3.02. The highest BCUT2D eigenvalue weighted by molar-refractivity contribution is 7.89. The minimum Gasteiger partial charge on any atom is -0.321 e. The average Bonchev–Trinajstić information content (AvgIpc) is 2.80. The summed E-state index contributed by atoms with van der Waals surface area (Å²) in [6.45, 7) is 2.29. The third kappa shape index (κ3) is 5.82. The van der Waals surface area contributed by atoms with Crippen molar-refractivity contribution in [2.45, 2.75) is 24.7 Å². The number of carbonyl (C=O) groups excluding carboxylic acids is 2. The van der Waals surface area contributed by atoms with Crippen molar-refractivity contribution in [3.63, 3.8) is 0 Å². The molecule has 3 rings (SSSR count). The van der Waals surface area contributed by atoms with Crippen LogP contribution in [0.5, 0.6) is 0 Å². The summed E-state index contributed by atoms with van der Waals surface area (Å²) in [5, 5.41) is 3.06. The number of unbranched alkanes of at least 4 members (excludes halogenated alkanes) is 1. The Hall–Kier alpha value is -3.00. The number of hydrogen-bond donors (Lipinski definition) is 2. The van der Waals surface area contributed by atoms with Crippen molar-refractivity contribution in [2.75, 3.05) is 11.9 Å². The second kappa shape index (κ2) is 10.5. The lowest BCUT2D eigenvalue weighted by atomic mass is 10.0. The van der Waals surface area contributed by atoms with Gasteiger partial charge in [0.1, 0.15) is 0 Å². The molecule has 0 saturated carbocycles. The Bertz CT molecular complexity index is 1230. The van der Waals surface area contributed by atoms with Crippen molar-refractivity contribution in [1.82, 2.24) is 4.72 Å². The first-order chi connectivity index (χ1) is 15.3. The Labute approximate surface area is 192 Å². The first-order valence-corrected chi connectivity index (χ1v) is 12.0. The van der Waals surface area contributed by atoms with Crippen LogP contribution in [0, 0.1) is 0 Å². The zero-order valence-corrected chi connectivity index (χ0v) is 19.0. The predicted octanol–water partition coefficient (Wildman–Crippen LogP) is 4.90. The maximum atomic E-state index is 13.0. The van der Waals surface area contributed by atoms with Crippen LogP contribution in [0.4, 0.5) is 5.69 Å². The molecule has 3 aromatic carbocycles. The normalized spacial score (nSPS) is 11.2. The van der Waals surface area contributed by atoms with Crippen LogP contribution in [-0.2, 0) is 10.0 Å². The standard InChI is InChI=1S/C24H23ClN2O4S/c1-2-3-14-26-32(30,31)20-11-7-10-18(15-20)24(29)27-22-13-12-19(25)16-21(22)23(28)17-8-5-4-6-9-17/h4-13,15-16,26H,2-3,14H2,1H3,(H,27,29). The van der Waals surface area contributed by atoms with Crippen molar-refractivity contribution < 1.29 is 18.0 Å². The molecule has 0 bridgehead atoms. The van der Waals surface area contributed by atoms with Gasteiger partial charge in [-0.15, -0.1) is 0 Å². The summed E-state index contributed by atoms with van der Waals surface area (Å²) in [6, 6.07) is 19.0. The maximum absolute atomic E-state index is 13.0. The van der Waals surface area contributed by atoms with Gasteiger partial charge in [-0.1, -0.05) is 61.3 Å². The molecule has 0 unspecified atom stereocenters. The van der Waals surface area contributed by atoms with Gasteiger partial charge in [0.05, 0.1) is 10.6 Å². The van der Waals surface area contributed by atoms with Crippen molar-refractivity contribution in [3.8, 4) is 0 Å². The Balaban J connectivity index is 1.86. The van der Waals surface area contributed by atoms with Gasteiger partial charge in [-0.05, 0) is 42.8 Å². The van der Waals surface area contributed by atoms with E-state index in [9.17, 15) is 18.0 Å². The quantitative estimate of drug-likeness (QED) is 0.343. The van der Waals surface area contributed by atoms with E-state index in [0.29, 0.717) is 23.6 Å². The summed E-state index contributed by atoms with van der Waals surface area (Å²) >= 11 is 6.09. The van der Waals surface area contributed by atoms with Crippen molar-refractivity contribution >= 4 is 39.0 Å². The van der Waals surface area contributed by atoms with E-state index in [0.717, 1.165) is 6.42 Å². The number of rotatable bonds is 9. The molecule has 0 aliphatic heterocycles. The summed E-state index contributed by atoms with van der Waals surface area (Å²) in [5.74, 6) is -0.833. The topological polar surface area (TPSA) is 92.3 Å². The highest BCUT2D eigenvalue weighted by Gasteiger charge is 2.19. The fraction of sp³-hybridized carbons (Fsp3) is 0.167. The summed E-state index contributed by atoms with van der Waals surface area (Å²) in [5.41, 5.74) is 1.12. The second-order valence-corrected chi connectivity index (χ2v) is 9.32. The van der Waals surface area contributed by atoms with Crippen LogP contribution < -0.4 is 10.0 Å². The van der Waals surface area contributed by atoms with E-state index in [-0.39, 0.29) is 27.5 Å². The summed E-state index contributed by atoms with van der Waals surface area (Å²) < 4.78 is 27.5. The molecule has 6 nitrogen and oxygen atoms in total. The number of sulfonamides is 1. The Kier molecular flexibility index (Phi) is 7.80. The highest BCUT2D eigenvalue weighted by Crippen LogP contribution is 2.24. The molecule has 0 spiro atoms. The lowest BCUT2D eigenvalue weighted by molar-refractivity contribution is 0.102. The summed E-state index contributed by atoms with van der Waals surface area (Å²) in [6.07, 6.45) is 1.57. The number of carbonyl (C=O) groups is 2. The smallest absolute Gasteiger partial charge is 0.255 e. The van der Waals surface area contributed by atoms with Gasteiger partial charge >= 0.3 is 0 Å². The SMILES string of the molecule is CCCCNS(=O)(=O)c1cccc(C(=O)Nc2ccc(Cl)cc2C(=O)c2ccccc2)c1. The third-order valence-corrected chi connectivity index (χ3v) is 6.43. The van der Waals surface area contributed by atoms with Crippen LogP contribution in [0.3, 0.4) is 0 Å². The predicted molar refractivity (Wildman–Crippen MR) is 126 cm³/mol. The first kappa shape index (κ1) is 23.7. The van der Waals surface area contributed by atoms with Crippen LogP contribution in [0.1, 0.15) is 46.0 Å². The molecule has 1 amide bonds. The highest BCUT2D eigenvalue weighted by atomic mass is 35.5. The first-order valence-electron chi connectivity index (χ1n) is 10.1. The van der Waals surface area contributed by atoms with E-state index in [1.165, 1.54) is 30.3 Å². The van der Waals surface area contributed by atoms with Crippen molar-refractivity contribution in [1.29, 1.82) is 0 Å². The maximum Gasteiger partial charge on any atom is 0.255 e. The van der Waals surface area contributed by atoms with Crippen LogP contribution in [-0.4, -0.2) is 26.7 Å². The lowest BCUT2D eigenvalue weighted by Crippen LogP contribution is -2.25.